The van der Waals surface area contributed by atoms with Gasteiger partial charge < -0.3 is 9.84 Å². The molecule has 0 saturated carbocycles. The number of benzene rings is 1. The van der Waals surface area contributed by atoms with Crippen LogP contribution in [0.1, 0.15) is 16.4 Å². The van der Waals surface area contributed by atoms with E-state index in [1.807, 2.05) is 0 Å². The molecule has 2 aromatic heterocycles. The summed E-state index contributed by atoms with van der Waals surface area (Å²) in [7, 11) is -2.84. The second-order valence-electron chi connectivity index (χ2n) is 5.54. The molecule has 0 saturated heterocycles. The average molecular weight is 383 g/mol. The number of pyridine rings is 1. The number of rotatable bonds is 6. The van der Waals surface area contributed by atoms with Crippen molar-refractivity contribution in [3.05, 3.63) is 41.6 Å². The number of aliphatic hydroxyl groups excluding tert-OH is 1. The summed E-state index contributed by atoms with van der Waals surface area (Å²) in [6, 6.07) is 6.45. The molecule has 0 amide bonds. The summed E-state index contributed by atoms with van der Waals surface area (Å²) >= 11 is 0. The van der Waals surface area contributed by atoms with Crippen molar-refractivity contribution in [3.8, 4) is 17.1 Å². The van der Waals surface area contributed by atoms with Crippen LogP contribution in [0.5, 0.6) is 5.88 Å². The van der Waals surface area contributed by atoms with Crippen molar-refractivity contribution in [3.63, 3.8) is 0 Å². The zero-order valence-electron chi connectivity index (χ0n) is 13.5. The topological polar surface area (TPSA) is 105 Å². The third-order valence-corrected chi connectivity index (χ3v) is 4.92. The highest BCUT2D eigenvalue weighted by atomic mass is 32.2. The minimum atomic E-state index is -3.03. The van der Waals surface area contributed by atoms with Gasteiger partial charge in [0.05, 0.1) is 23.2 Å². The molecule has 0 bridgehead atoms. The molecule has 0 fully saturated rings. The van der Waals surface area contributed by atoms with Crippen molar-refractivity contribution >= 4 is 21.6 Å². The monoisotopic (exact) mass is 383 g/mol. The number of alkyl halides is 2. The number of thiol groups is 1. The Morgan fingerprint density at radius 2 is 2.08 bits per heavy atom. The van der Waals surface area contributed by atoms with Crippen molar-refractivity contribution in [1.29, 1.82) is 0 Å². The van der Waals surface area contributed by atoms with E-state index in [0.717, 1.165) is 0 Å². The van der Waals surface area contributed by atoms with Gasteiger partial charge in [-0.1, -0.05) is 12.1 Å². The average Bonchev–Trinajstić information content (AvgIpc) is 2.99. The van der Waals surface area contributed by atoms with Crippen LogP contribution >= 0.6 is 0 Å². The summed E-state index contributed by atoms with van der Waals surface area (Å²) in [5.41, 5.74) is 2.52. The van der Waals surface area contributed by atoms with Crippen LogP contribution in [0.2, 0.25) is 0 Å². The Hall–Kier alpha value is -2.59. The molecule has 2 heterocycles. The first-order valence-corrected chi connectivity index (χ1v) is 8.80. The maximum absolute atomic E-state index is 12.6. The molecule has 0 spiro atoms. The van der Waals surface area contributed by atoms with Crippen molar-refractivity contribution in [2.24, 2.45) is 0 Å². The van der Waals surface area contributed by atoms with Gasteiger partial charge >= 0.3 is 6.61 Å². The first kappa shape index (κ1) is 18.2. The first-order valence-electron chi connectivity index (χ1n) is 7.55. The number of halogens is 2. The zero-order valence-corrected chi connectivity index (χ0v) is 14.4. The lowest BCUT2D eigenvalue weighted by atomic mass is 9.99. The number of nitrogens with one attached hydrogen (secondary N) is 1. The number of nitrogens with zero attached hydrogens (tertiary/aromatic N) is 2. The Morgan fingerprint density at radius 1 is 1.31 bits per heavy atom. The lowest BCUT2D eigenvalue weighted by Crippen LogP contribution is -2.07. The highest BCUT2D eigenvalue weighted by Crippen LogP contribution is 2.34. The molecule has 138 valence electrons. The Bertz CT molecular complexity index is 1010. The molecular weight excluding hydrogens is 368 g/mol. The van der Waals surface area contributed by atoms with E-state index in [0.29, 0.717) is 33.3 Å². The van der Waals surface area contributed by atoms with Gasteiger partial charge in [-0.2, -0.15) is 8.78 Å². The minimum absolute atomic E-state index is 0.268. The summed E-state index contributed by atoms with van der Waals surface area (Å²) in [6.45, 7) is -1.86. The lowest BCUT2D eigenvalue weighted by molar-refractivity contribution is -0.0518. The van der Waals surface area contributed by atoms with Crippen LogP contribution in [0.4, 0.5) is 8.78 Å². The number of hydrogen-bond acceptors (Lipinski definition) is 6. The third kappa shape index (κ3) is 3.37. The van der Waals surface area contributed by atoms with Crippen LogP contribution in [-0.2, 0) is 10.7 Å². The minimum Gasteiger partial charge on any atom is -0.415 e. The van der Waals surface area contributed by atoms with Gasteiger partial charge in [0.1, 0.15) is 16.0 Å². The van der Waals surface area contributed by atoms with E-state index < -0.39 is 29.2 Å². The van der Waals surface area contributed by atoms with Gasteiger partial charge in [0, 0.05) is 11.8 Å². The Labute approximate surface area is 148 Å². The predicted molar refractivity (Wildman–Crippen MR) is 90.8 cm³/mol. The van der Waals surface area contributed by atoms with Gasteiger partial charge in [-0.15, -0.1) is 5.10 Å². The van der Waals surface area contributed by atoms with Gasteiger partial charge in [0.2, 0.25) is 5.88 Å². The van der Waals surface area contributed by atoms with Crippen LogP contribution in [0.25, 0.3) is 22.2 Å². The van der Waals surface area contributed by atoms with Crippen molar-refractivity contribution in [1.82, 2.24) is 15.2 Å². The summed E-state index contributed by atoms with van der Waals surface area (Å²) < 4.78 is 52.2. The molecule has 7 nitrogen and oxygen atoms in total. The number of aromatic amines is 1. The highest BCUT2D eigenvalue weighted by Gasteiger charge is 2.20. The van der Waals surface area contributed by atoms with E-state index in [2.05, 4.69) is 19.9 Å². The predicted octanol–water partition coefficient (Wildman–Crippen LogP) is 2.18. The number of aliphatic hydroxyl groups is 1. The SMILES string of the molecule is Cc1cc(-c2nccc3[nH]nc(OC(F)F)c23)ccc1C(CO)[SH](=O)=O. The fraction of sp³-hybridized carbons (Fsp3) is 0.250. The molecule has 2 N–H and O–H groups in total. The summed E-state index contributed by atoms with van der Waals surface area (Å²) in [5.74, 6) is -0.268. The molecule has 0 aliphatic heterocycles. The smallest absolute Gasteiger partial charge is 0.388 e. The largest absolute Gasteiger partial charge is 0.415 e. The maximum Gasteiger partial charge on any atom is 0.388 e. The molecule has 26 heavy (non-hydrogen) atoms. The second-order valence-corrected chi connectivity index (χ2v) is 6.74. The van der Waals surface area contributed by atoms with E-state index in [1.165, 1.54) is 6.20 Å². The molecule has 1 unspecified atom stereocenters. The van der Waals surface area contributed by atoms with E-state index in [1.54, 1.807) is 31.2 Å². The van der Waals surface area contributed by atoms with Crippen molar-refractivity contribution < 1.29 is 27.0 Å². The Balaban J connectivity index is 2.12. The van der Waals surface area contributed by atoms with Gasteiger partial charge in [0.15, 0.2) is 0 Å². The van der Waals surface area contributed by atoms with Crippen LogP contribution < -0.4 is 4.74 Å². The molecule has 10 heteroatoms. The summed E-state index contributed by atoms with van der Waals surface area (Å²) in [6.07, 6.45) is 1.50. The van der Waals surface area contributed by atoms with Crippen molar-refractivity contribution in [2.75, 3.05) is 6.61 Å². The molecule has 1 atom stereocenters. The normalized spacial score (nSPS) is 12.8. The quantitative estimate of drug-likeness (QED) is 0.564. The fourth-order valence-electron chi connectivity index (χ4n) is 2.80. The highest BCUT2D eigenvalue weighted by molar-refractivity contribution is 7.72. The third-order valence-electron chi connectivity index (χ3n) is 3.97. The second kappa shape index (κ2) is 7.34. The molecule has 0 radical (unpaired) electrons. The number of aryl methyl sites for hydroxylation is 1. The fourth-order valence-corrected chi connectivity index (χ4v) is 3.45. The lowest BCUT2D eigenvalue weighted by Gasteiger charge is -2.13. The van der Waals surface area contributed by atoms with E-state index in [9.17, 15) is 22.3 Å². The van der Waals surface area contributed by atoms with Gasteiger partial charge in [-0.3, -0.25) is 10.1 Å². The van der Waals surface area contributed by atoms with Crippen molar-refractivity contribution in [2.45, 2.75) is 18.8 Å². The van der Waals surface area contributed by atoms with Crippen LogP contribution in [0, 0.1) is 6.92 Å². The van der Waals surface area contributed by atoms with Crippen LogP contribution in [0.15, 0.2) is 30.5 Å². The van der Waals surface area contributed by atoms with Crippen LogP contribution in [0.3, 0.4) is 0 Å². The van der Waals surface area contributed by atoms with Gasteiger partial charge in [-0.25, -0.2) is 8.42 Å². The van der Waals surface area contributed by atoms with Gasteiger partial charge in [0.25, 0.3) is 0 Å². The molecule has 0 aliphatic carbocycles. The standard InChI is InChI=1S/C16H15F2N3O4S/c1-8-6-9(2-3-10(8)12(7-22)26(23)24)14-13-11(4-5-19-14)20-21-15(13)25-16(17)18/h2-6,12,16,22,26H,7H2,1H3,(H,20,21). The first-order chi connectivity index (χ1) is 12.4. The summed E-state index contributed by atoms with van der Waals surface area (Å²) in [5, 5.41) is 14.9. The number of fused-ring (bicyclic) bond motifs is 1. The molecule has 3 aromatic rings. The van der Waals surface area contributed by atoms with Crippen LogP contribution in [-0.4, -0.2) is 41.9 Å². The van der Waals surface area contributed by atoms with Gasteiger partial charge in [-0.05, 0) is 30.2 Å². The Morgan fingerprint density at radius 3 is 2.69 bits per heavy atom. The maximum atomic E-state index is 12.6. The Kier molecular flexibility index (Phi) is 5.14. The zero-order chi connectivity index (χ0) is 18.8. The number of H-pyrrole nitrogens is 1. The number of hydrogen-bond donors (Lipinski definition) is 3. The number of aromatic nitrogens is 3. The molecule has 1 aromatic carbocycles. The summed E-state index contributed by atoms with van der Waals surface area (Å²) in [4.78, 5) is 4.23. The van der Waals surface area contributed by atoms with E-state index >= 15 is 0 Å². The molecule has 0 aliphatic rings. The number of ether oxygens (including phenoxy) is 1. The van der Waals surface area contributed by atoms with E-state index in [-0.39, 0.29) is 5.88 Å². The molecular formula is C16H15F2N3O4S. The van der Waals surface area contributed by atoms with E-state index in [4.69, 9.17) is 0 Å². The molecule has 3 rings (SSSR count).